The highest BCUT2D eigenvalue weighted by atomic mass is 16.3. The smallest absolute Gasteiger partial charge is 0.181 e. The number of aliphatic hydroxyl groups is 1. The highest BCUT2D eigenvalue weighted by molar-refractivity contribution is 5.55. The molecule has 1 fully saturated rings. The third-order valence-corrected chi connectivity index (χ3v) is 4.18. The van der Waals surface area contributed by atoms with Crippen LogP contribution >= 0.6 is 0 Å². The van der Waals surface area contributed by atoms with E-state index in [1.54, 1.807) is 11.0 Å². The molecule has 5 nitrogen and oxygen atoms in total. The van der Waals surface area contributed by atoms with Crippen LogP contribution < -0.4 is 0 Å². The number of aromatic nitrogens is 3. The van der Waals surface area contributed by atoms with Crippen LogP contribution in [0.15, 0.2) is 30.6 Å². The summed E-state index contributed by atoms with van der Waals surface area (Å²) in [6.07, 6.45) is 4.27. The Morgan fingerprint density at radius 2 is 2.10 bits per heavy atom. The monoisotopic (exact) mass is 286 g/mol. The first-order chi connectivity index (χ1) is 10.3. The van der Waals surface area contributed by atoms with Crippen molar-refractivity contribution < 1.29 is 5.11 Å². The predicted molar refractivity (Wildman–Crippen MR) is 81.8 cm³/mol. The van der Waals surface area contributed by atoms with Gasteiger partial charge in [-0.25, -0.2) is 4.98 Å². The first-order valence-electron chi connectivity index (χ1n) is 7.62. The summed E-state index contributed by atoms with van der Waals surface area (Å²) in [5.74, 6) is 0.721. The summed E-state index contributed by atoms with van der Waals surface area (Å²) in [5, 5.41) is 13.3. The summed E-state index contributed by atoms with van der Waals surface area (Å²) in [5.41, 5.74) is 2.35. The molecule has 0 saturated carbocycles. The van der Waals surface area contributed by atoms with Crippen molar-refractivity contribution in [1.82, 2.24) is 19.7 Å². The molecule has 0 bridgehead atoms. The Morgan fingerprint density at radius 1 is 1.29 bits per heavy atom. The maximum Gasteiger partial charge on any atom is 0.181 e. The normalized spacial score (nSPS) is 17.2. The fraction of sp³-hybridized carbons (Fsp3) is 0.500. The highest BCUT2D eigenvalue weighted by Crippen LogP contribution is 2.27. The minimum atomic E-state index is 0.0782. The Kier molecular flexibility index (Phi) is 4.31. The summed E-state index contributed by atoms with van der Waals surface area (Å²) < 4.78 is 1.67. The molecule has 1 aliphatic rings. The maximum absolute atomic E-state index is 8.94. The van der Waals surface area contributed by atoms with E-state index < -0.39 is 0 Å². The largest absolute Gasteiger partial charge is 0.394 e. The lowest BCUT2D eigenvalue weighted by Crippen LogP contribution is -2.23. The zero-order valence-corrected chi connectivity index (χ0v) is 12.4. The lowest BCUT2D eigenvalue weighted by Gasteiger charge is -2.24. The second-order valence-corrected chi connectivity index (χ2v) is 5.60. The predicted octanol–water partition coefficient (Wildman–Crippen LogP) is 2.09. The third-order valence-electron chi connectivity index (χ3n) is 4.18. The van der Waals surface area contributed by atoms with Crippen LogP contribution in [-0.2, 0) is 6.54 Å². The lowest BCUT2D eigenvalue weighted by molar-refractivity contribution is 0.263. The molecule has 0 radical (unpaired) electrons. The van der Waals surface area contributed by atoms with Gasteiger partial charge in [-0.3, -0.25) is 9.58 Å². The summed E-state index contributed by atoms with van der Waals surface area (Å²) in [6, 6.07) is 8.91. The molecule has 2 aromatic rings. The second-order valence-electron chi connectivity index (χ2n) is 5.60. The minimum Gasteiger partial charge on any atom is -0.394 e. The first kappa shape index (κ1) is 14.2. The van der Waals surface area contributed by atoms with Gasteiger partial charge in [-0.2, -0.15) is 5.10 Å². The van der Waals surface area contributed by atoms with Crippen molar-refractivity contribution in [1.29, 1.82) is 0 Å². The van der Waals surface area contributed by atoms with Crippen molar-refractivity contribution in [2.24, 2.45) is 0 Å². The van der Waals surface area contributed by atoms with Crippen LogP contribution in [0.2, 0.25) is 0 Å². The van der Waals surface area contributed by atoms with Gasteiger partial charge in [0.15, 0.2) is 5.82 Å². The van der Waals surface area contributed by atoms with Gasteiger partial charge < -0.3 is 5.11 Å². The zero-order chi connectivity index (χ0) is 14.7. The number of benzene rings is 1. The molecule has 112 valence electrons. The van der Waals surface area contributed by atoms with Crippen LogP contribution in [0.1, 0.15) is 31.4 Å². The van der Waals surface area contributed by atoms with Crippen molar-refractivity contribution in [2.75, 3.05) is 19.7 Å². The van der Waals surface area contributed by atoms with Gasteiger partial charge in [0.05, 0.1) is 13.2 Å². The molecule has 3 rings (SSSR count). The van der Waals surface area contributed by atoms with Crippen LogP contribution in [-0.4, -0.2) is 44.5 Å². The van der Waals surface area contributed by atoms with E-state index in [4.69, 9.17) is 5.11 Å². The van der Waals surface area contributed by atoms with E-state index in [2.05, 4.69) is 40.1 Å². The van der Waals surface area contributed by atoms with Crippen LogP contribution in [0.4, 0.5) is 0 Å². The zero-order valence-electron chi connectivity index (χ0n) is 12.4. The van der Waals surface area contributed by atoms with Crippen LogP contribution in [0.5, 0.6) is 0 Å². The minimum absolute atomic E-state index is 0.0782. The lowest BCUT2D eigenvalue weighted by atomic mass is 10.0. The Morgan fingerprint density at radius 3 is 2.86 bits per heavy atom. The average molecular weight is 286 g/mol. The third kappa shape index (κ3) is 3.14. The van der Waals surface area contributed by atoms with Crippen molar-refractivity contribution in [3.05, 3.63) is 36.2 Å². The van der Waals surface area contributed by atoms with Gasteiger partial charge >= 0.3 is 0 Å². The number of hydrogen-bond acceptors (Lipinski definition) is 4. The van der Waals surface area contributed by atoms with E-state index in [9.17, 15) is 0 Å². The topological polar surface area (TPSA) is 54.2 Å². The molecule has 1 aromatic heterocycles. The molecule has 0 aliphatic carbocycles. The van der Waals surface area contributed by atoms with Gasteiger partial charge in [-0.15, -0.1) is 0 Å². The summed E-state index contributed by atoms with van der Waals surface area (Å²) in [6.45, 7) is 5.21. The summed E-state index contributed by atoms with van der Waals surface area (Å²) in [7, 11) is 0. The van der Waals surface area contributed by atoms with E-state index in [0.29, 0.717) is 12.6 Å². The van der Waals surface area contributed by atoms with Crippen LogP contribution in [0.25, 0.3) is 11.4 Å². The van der Waals surface area contributed by atoms with Crippen molar-refractivity contribution in [2.45, 2.75) is 32.4 Å². The molecule has 0 spiro atoms. The molecule has 1 aliphatic heterocycles. The standard InChI is InChI=1S/C16H22N4O/c1-13(19-7-2-3-8-19)14-5-4-6-15(11-14)16-17-12-20(18-16)9-10-21/h4-6,11-13,21H,2-3,7-10H2,1H3. The summed E-state index contributed by atoms with van der Waals surface area (Å²) >= 11 is 0. The quantitative estimate of drug-likeness (QED) is 0.914. The Labute approximate surface area is 125 Å². The Balaban J connectivity index is 1.81. The molecule has 1 N–H and O–H groups in total. The van der Waals surface area contributed by atoms with E-state index in [-0.39, 0.29) is 6.61 Å². The molecule has 1 unspecified atom stereocenters. The molecule has 21 heavy (non-hydrogen) atoms. The molecule has 1 aromatic carbocycles. The molecule has 1 atom stereocenters. The number of likely N-dealkylation sites (tertiary alicyclic amines) is 1. The van der Waals surface area contributed by atoms with Crippen molar-refractivity contribution in [3.63, 3.8) is 0 Å². The number of nitrogens with zero attached hydrogens (tertiary/aromatic N) is 4. The summed E-state index contributed by atoms with van der Waals surface area (Å²) in [4.78, 5) is 6.85. The Hall–Kier alpha value is -1.72. The SMILES string of the molecule is CC(c1cccc(-c2ncn(CCO)n2)c1)N1CCCC1. The Bertz CT molecular complexity index is 589. The molecule has 1 saturated heterocycles. The number of aliphatic hydroxyl groups excluding tert-OH is 1. The van der Waals surface area contributed by atoms with Gasteiger partial charge in [0.2, 0.25) is 0 Å². The van der Waals surface area contributed by atoms with Gasteiger partial charge in [-0.05, 0) is 44.5 Å². The van der Waals surface area contributed by atoms with Gasteiger partial charge in [0.1, 0.15) is 6.33 Å². The van der Waals surface area contributed by atoms with E-state index in [0.717, 1.165) is 11.4 Å². The van der Waals surface area contributed by atoms with Crippen LogP contribution in [0.3, 0.4) is 0 Å². The molecule has 0 amide bonds. The first-order valence-corrected chi connectivity index (χ1v) is 7.62. The molecular weight excluding hydrogens is 264 g/mol. The fourth-order valence-electron chi connectivity index (χ4n) is 2.91. The van der Waals surface area contributed by atoms with E-state index in [1.165, 1.54) is 31.5 Å². The van der Waals surface area contributed by atoms with E-state index >= 15 is 0 Å². The van der Waals surface area contributed by atoms with Gasteiger partial charge in [0, 0.05) is 11.6 Å². The number of rotatable bonds is 5. The molecule has 5 heteroatoms. The highest BCUT2D eigenvalue weighted by Gasteiger charge is 2.19. The van der Waals surface area contributed by atoms with Gasteiger partial charge in [0.25, 0.3) is 0 Å². The van der Waals surface area contributed by atoms with Gasteiger partial charge in [-0.1, -0.05) is 18.2 Å². The van der Waals surface area contributed by atoms with E-state index in [1.807, 2.05) is 6.07 Å². The second kappa shape index (κ2) is 6.37. The average Bonchev–Trinajstić information content (AvgIpc) is 3.18. The molecule has 2 heterocycles. The fourth-order valence-corrected chi connectivity index (χ4v) is 2.91. The van der Waals surface area contributed by atoms with Crippen molar-refractivity contribution in [3.8, 4) is 11.4 Å². The molecular formula is C16H22N4O. The number of hydrogen-bond donors (Lipinski definition) is 1. The maximum atomic E-state index is 8.94. The van der Waals surface area contributed by atoms with Crippen LogP contribution in [0, 0.1) is 0 Å². The van der Waals surface area contributed by atoms with Crippen molar-refractivity contribution >= 4 is 0 Å².